The number of carbonyl (C=O) groups excluding carboxylic acids is 1. The van der Waals surface area contributed by atoms with Crippen LogP contribution < -0.4 is 15.6 Å². The van der Waals surface area contributed by atoms with E-state index >= 15 is 0 Å². The molecule has 1 aromatic heterocycles. The first-order valence-corrected chi connectivity index (χ1v) is 10.1. The second-order valence-corrected chi connectivity index (χ2v) is 7.26. The maximum absolute atomic E-state index is 13.9. The van der Waals surface area contributed by atoms with Gasteiger partial charge in [-0.15, -0.1) is 6.58 Å². The number of carbonyl (C=O) groups is 1. The van der Waals surface area contributed by atoms with Gasteiger partial charge in [0.05, 0.1) is 18.4 Å². The van der Waals surface area contributed by atoms with E-state index in [1.807, 2.05) is 0 Å². The zero-order chi connectivity index (χ0) is 24.1. The number of benzene rings is 2. The van der Waals surface area contributed by atoms with Gasteiger partial charge in [-0.05, 0) is 36.8 Å². The van der Waals surface area contributed by atoms with Crippen molar-refractivity contribution < 1.29 is 23.0 Å². The number of aryl methyl sites for hydroxylation is 1. The molecule has 33 heavy (non-hydrogen) atoms. The molecule has 0 fully saturated rings. The smallest absolute Gasteiger partial charge is 0.337 e. The summed E-state index contributed by atoms with van der Waals surface area (Å²) in [5, 5.41) is 2.58. The topological polar surface area (TPSA) is 82.5 Å². The highest BCUT2D eigenvalue weighted by Crippen LogP contribution is 2.26. The van der Waals surface area contributed by atoms with Crippen molar-refractivity contribution in [2.45, 2.75) is 13.5 Å². The number of ether oxygens (including phenoxy) is 2. The lowest BCUT2D eigenvalue weighted by molar-refractivity contribution is 0.0600. The van der Waals surface area contributed by atoms with Crippen LogP contribution in [0.15, 0.2) is 53.8 Å². The van der Waals surface area contributed by atoms with Crippen molar-refractivity contribution in [1.29, 1.82) is 0 Å². The molecule has 3 aromatic rings. The molecule has 172 valence electrons. The molecule has 0 unspecified atom stereocenters. The van der Waals surface area contributed by atoms with Crippen LogP contribution in [0.2, 0.25) is 5.02 Å². The summed E-state index contributed by atoms with van der Waals surface area (Å²) in [6.07, 6.45) is 1.55. The Balaban J connectivity index is 2.09. The van der Waals surface area contributed by atoms with Gasteiger partial charge < -0.3 is 14.8 Å². The molecule has 0 aliphatic carbocycles. The Morgan fingerprint density at radius 3 is 2.70 bits per heavy atom. The molecule has 0 bridgehead atoms. The van der Waals surface area contributed by atoms with Crippen LogP contribution in [0, 0.1) is 18.6 Å². The predicted molar refractivity (Wildman–Crippen MR) is 120 cm³/mol. The van der Waals surface area contributed by atoms with E-state index in [-0.39, 0.29) is 41.1 Å². The number of rotatable bonds is 8. The quantitative estimate of drug-likeness (QED) is 0.383. The highest BCUT2D eigenvalue weighted by atomic mass is 35.5. The van der Waals surface area contributed by atoms with Crippen molar-refractivity contribution in [1.82, 2.24) is 9.55 Å². The lowest BCUT2D eigenvalue weighted by atomic mass is 10.1. The minimum absolute atomic E-state index is 0.0562. The van der Waals surface area contributed by atoms with Gasteiger partial charge >= 0.3 is 5.97 Å². The first kappa shape index (κ1) is 23.9. The predicted octanol–water partition coefficient (Wildman–Crippen LogP) is 4.44. The van der Waals surface area contributed by atoms with Crippen LogP contribution in [0.3, 0.4) is 0 Å². The van der Waals surface area contributed by atoms with E-state index in [0.717, 1.165) is 12.1 Å². The molecule has 0 aliphatic heterocycles. The molecule has 10 heteroatoms. The molecular formula is C23H20ClF2N3O4. The van der Waals surface area contributed by atoms with E-state index in [4.69, 9.17) is 21.1 Å². The third kappa shape index (κ3) is 5.20. The van der Waals surface area contributed by atoms with Crippen molar-refractivity contribution in [2.75, 3.05) is 19.0 Å². The Labute approximate surface area is 193 Å². The van der Waals surface area contributed by atoms with Crippen molar-refractivity contribution in [2.24, 2.45) is 0 Å². The highest BCUT2D eigenvalue weighted by Gasteiger charge is 2.20. The van der Waals surface area contributed by atoms with Crippen LogP contribution in [0.1, 0.15) is 21.5 Å². The first-order valence-electron chi connectivity index (χ1n) is 9.70. The molecule has 1 heterocycles. The third-order valence-electron chi connectivity index (χ3n) is 4.65. The lowest BCUT2D eigenvalue weighted by Crippen LogP contribution is -2.26. The Hall–Kier alpha value is -3.72. The van der Waals surface area contributed by atoms with Crippen LogP contribution in [0.4, 0.5) is 14.7 Å². The fourth-order valence-electron chi connectivity index (χ4n) is 2.96. The van der Waals surface area contributed by atoms with Gasteiger partial charge in [0.1, 0.15) is 18.2 Å². The summed E-state index contributed by atoms with van der Waals surface area (Å²) in [6, 6.07) is 7.73. The Kier molecular flexibility index (Phi) is 7.44. The molecule has 0 radical (unpaired) electrons. The number of anilines is 1. The summed E-state index contributed by atoms with van der Waals surface area (Å²) in [5.41, 5.74) is 0.604. The number of esters is 1. The van der Waals surface area contributed by atoms with Gasteiger partial charge in [0, 0.05) is 18.2 Å². The van der Waals surface area contributed by atoms with Crippen molar-refractivity contribution >= 4 is 23.5 Å². The lowest BCUT2D eigenvalue weighted by Gasteiger charge is -2.18. The van der Waals surface area contributed by atoms with Crippen LogP contribution >= 0.6 is 11.6 Å². The van der Waals surface area contributed by atoms with Gasteiger partial charge in [-0.2, -0.15) is 4.98 Å². The summed E-state index contributed by atoms with van der Waals surface area (Å²) in [7, 11) is 1.25. The fourth-order valence-corrected chi connectivity index (χ4v) is 3.14. The molecule has 3 rings (SSSR count). The normalized spacial score (nSPS) is 10.6. The van der Waals surface area contributed by atoms with Crippen molar-refractivity contribution in [3.63, 3.8) is 0 Å². The van der Waals surface area contributed by atoms with Gasteiger partial charge in [0.25, 0.3) is 5.56 Å². The summed E-state index contributed by atoms with van der Waals surface area (Å²) in [6.45, 7) is 5.29. The molecule has 0 amide bonds. The number of hydrogen-bond acceptors (Lipinski definition) is 6. The summed E-state index contributed by atoms with van der Waals surface area (Å²) < 4.78 is 38.5. The minimum atomic E-state index is -0.806. The number of nitrogens with zero attached hydrogens (tertiary/aromatic N) is 2. The van der Waals surface area contributed by atoms with E-state index in [9.17, 15) is 18.4 Å². The Morgan fingerprint density at radius 2 is 2.03 bits per heavy atom. The standard InChI is InChI=1S/C23H20ClF2N3O4/c1-4-9-27-23-28-20(33-12-15-7-8-16(25)11-17(15)26)19(24)21(30)29(23)18-10-14(22(31)32-3)6-5-13(18)2/h4-8,10-11H,1,9,12H2,2-3H3,(H,27,28). The highest BCUT2D eigenvalue weighted by molar-refractivity contribution is 6.31. The molecule has 1 N–H and O–H groups in total. The van der Waals surface area contributed by atoms with E-state index in [2.05, 4.69) is 16.9 Å². The maximum Gasteiger partial charge on any atom is 0.337 e. The summed E-state index contributed by atoms with van der Waals surface area (Å²) >= 11 is 6.25. The Morgan fingerprint density at radius 1 is 1.27 bits per heavy atom. The number of halogens is 3. The number of nitrogens with one attached hydrogen (secondary N) is 1. The number of hydrogen-bond donors (Lipinski definition) is 1. The van der Waals surface area contributed by atoms with E-state index in [0.29, 0.717) is 11.3 Å². The summed E-state index contributed by atoms with van der Waals surface area (Å²) in [4.78, 5) is 29.5. The average Bonchev–Trinajstić information content (AvgIpc) is 2.80. The molecule has 2 aromatic carbocycles. The summed E-state index contributed by atoms with van der Waals surface area (Å²) in [5.74, 6) is -2.29. The monoisotopic (exact) mass is 475 g/mol. The molecule has 0 spiro atoms. The second-order valence-electron chi connectivity index (χ2n) is 6.88. The molecule has 0 aliphatic rings. The number of aromatic nitrogens is 2. The van der Waals surface area contributed by atoms with E-state index in [1.54, 1.807) is 25.1 Å². The third-order valence-corrected chi connectivity index (χ3v) is 4.98. The van der Waals surface area contributed by atoms with Crippen LogP contribution in [-0.2, 0) is 11.3 Å². The van der Waals surface area contributed by atoms with Crippen LogP contribution in [-0.4, -0.2) is 29.2 Å². The first-order chi connectivity index (χ1) is 15.8. The van der Waals surface area contributed by atoms with E-state index in [1.165, 1.54) is 23.8 Å². The van der Waals surface area contributed by atoms with Gasteiger partial charge in [0.15, 0.2) is 5.02 Å². The molecule has 0 saturated carbocycles. The zero-order valence-electron chi connectivity index (χ0n) is 17.8. The second kappa shape index (κ2) is 10.3. The van der Waals surface area contributed by atoms with Crippen molar-refractivity contribution in [3.05, 3.63) is 92.8 Å². The molecule has 0 saturated heterocycles. The van der Waals surface area contributed by atoms with Gasteiger partial charge in [-0.3, -0.25) is 4.79 Å². The Bertz CT molecular complexity index is 1280. The zero-order valence-corrected chi connectivity index (χ0v) is 18.6. The van der Waals surface area contributed by atoms with E-state index < -0.39 is 23.2 Å². The van der Waals surface area contributed by atoms with Crippen LogP contribution in [0.5, 0.6) is 5.88 Å². The molecule has 0 atom stereocenters. The van der Waals surface area contributed by atoms with Crippen LogP contribution in [0.25, 0.3) is 5.69 Å². The van der Waals surface area contributed by atoms with Gasteiger partial charge in [-0.25, -0.2) is 18.1 Å². The van der Waals surface area contributed by atoms with Gasteiger partial charge in [0.2, 0.25) is 11.8 Å². The molecular weight excluding hydrogens is 456 g/mol. The fraction of sp³-hybridized carbons (Fsp3) is 0.174. The van der Waals surface area contributed by atoms with Gasteiger partial charge in [-0.1, -0.05) is 23.7 Å². The SMILES string of the molecule is C=CCNc1nc(OCc2ccc(F)cc2F)c(Cl)c(=O)n1-c1cc(C(=O)OC)ccc1C. The minimum Gasteiger partial charge on any atom is -0.471 e. The van der Waals surface area contributed by atoms with Crippen molar-refractivity contribution in [3.8, 4) is 11.6 Å². The largest absolute Gasteiger partial charge is 0.471 e. The molecule has 7 nitrogen and oxygen atoms in total. The maximum atomic E-state index is 13.9. The number of methoxy groups -OCH3 is 1. The average molecular weight is 476 g/mol.